The number of rotatable bonds is 7. The number of hydrogen-bond donors (Lipinski definition) is 0. The van der Waals surface area contributed by atoms with Gasteiger partial charge in [0.15, 0.2) is 0 Å². The molecule has 1 unspecified atom stereocenters. The smallest absolute Gasteiger partial charge is 0.00442 e. The Balaban J connectivity index is 1.91. The molecule has 0 aliphatic heterocycles. The maximum Gasteiger partial charge on any atom is 0.00442 e. The van der Waals surface area contributed by atoms with E-state index in [9.17, 15) is 0 Å². The summed E-state index contributed by atoms with van der Waals surface area (Å²) in [5.41, 5.74) is 2.92. The highest BCUT2D eigenvalue weighted by Gasteiger charge is 2.12. The molecule has 0 saturated heterocycles. The fraction of sp³-hybridized carbons (Fsp3) is 0.368. The van der Waals surface area contributed by atoms with Crippen molar-refractivity contribution in [2.24, 2.45) is 0 Å². The lowest BCUT2D eigenvalue weighted by molar-refractivity contribution is 0.360. The van der Waals surface area contributed by atoms with Crippen molar-refractivity contribution in [2.75, 3.05) is 20.6 Å². The average Bonchev–Trinajstić information content (AvgIpc) is 2.48. The zero-order valence-corrected chi connectivity index (χ0v) is 12.6. The second-order valence-corrected chi connectivity index (χ2v) is 5.75. The van der Waals surface area contributed by atoms with Gasteiger partial charge in [-0.25, -0.2) is 0 Å². The topological polar surface area (TPSA) is 3.24 Å². The molecule has 2 aromatic carbocycles. The maximum absolute atomic E-state index is 2.29. The molecule has 0 aromatic heterocycles. The standard InChI is InChI=1S/C19H25N/c1-20(2)16-19(18-13-7-4-8-14-18)15-9-12-17-10-5-3-6-11-17/h3-8,10-11,13-14,19H,9,12,15-16H2,1-2H3. The summed E-state index contributed by atoms with van der Waals surface area (Å²) in [7, 11) is 4.32. The van der Waals surface area contributed by atoms with Gasteiger partial charge in [-0.2, -0.15) is 0 Å². The van der Waals surface area contributed by atoms with E-state index < -0.39 is 0 Å². The van der Waals surface area contributed by atoms with Crippen molar-refractivity contribution in [3.8, 4) is 0 Å². The van der Waals surface area contributed by atoms with Crippen LogP contribution < -0.4 is 0 Å². The lowest BCUT2D eigenvalue weighted by Crippen LogP contribution is -2.20. The van der Waals surface area contributed by atoms with Gasteiger partial charge < -0.3 is 4.90 Å². The summed E-state index contributed by atoms with van der Waals surface area (Å²) in [6, 6.07) is 21.7. The van der Waals surface area contributed by atoms with Crippen LogP contribution in [0.5, 0.6) is 0 Å². The van der Waals surface area contributed by atoms with Crippen molar-refractivity contribution in [1.82, 2.24) is 4.90 Å². The Morgan fingerprint density at radius 1 is 0.850 bits per heavy atom. The first-order valence-electron chi connectivity index (χ1n) is 7.49. The molecule has 1 atom stereocenters. The average molecular weight is 267 g/mol. The van der Waals surface area contributed by atoms with Crippen molar-refractivity contribution >= 4 is 0 Å². The van der Waals surface area contributed by atoms with E-state index in [1.54, 1.807) is 0 Å². The van der Waals surface area contributed by atoms with Crippen molar-refractivity contribution < 1.29 is 0 Å². The molecule has 0 N–H and O–H groups in total. The summed E-state index contributed by atoms with van der Waals surface area (Å²) >= 11 is 0. The first-order valence-corrected chi connectivity index (χ1v) is 7.49. The van der Waals surface area contributed by atoms with Crippen molar-refractivity contribution in [3.05, 3.63) is 71.8 Å². The van der Waals surface area contributed by atoms with Crippen LogP contribution in [0.1, 0.15) is 29.9 Å². The third-order valence-corrected chi connectivity index (χ3v) is 3.72. The maximum atomic E-state index is 2.29. The molecule has 0 radical (unpaired) electrons. The summed E-state index contributed by atoms with van der Waals surface area (Å²) in [4.78, 5) is 2.29. The molecule has 2 rings (SSSR count). The van der Waals surface area contributed by atoms with Crippen LogP contribution in [0.2, 0.25) is 0 Å². The summed E-state index contributed by atoms with van der Waals surface area (Å²) in [6.45, 7) is 1.12. The van der Waals surface area contributed by atoms with E-state index in [2.05, 4.69) is 79.7 Å². The monoisotopic (exact) mass is 267 g/mol. The zero-order valence-electron chi connectivity index (χ0n) is 12.6. The molecule has 1 heteroatoms. The van der Waals surface area contributed by atoms with Crippen LogP contribution in [0, 0.1) is 0 Å². The summed E-state index contributed by atoms with van der Waals surface area (Å²) in [5, 5.41) is 0. The van der Waals surface area contributed by atoms with E-state index >= 15 is 0 Å². The fourth-order valence-electron chi connectivity index (χ4n) is 2.73. The molecule has 0 saturated carbocycles. The van der Waals surface area contributed by atoms with Gasteiger partial charge in [0.05, 0.1) is 0 Å². The minimum Gasteiger partial charge on any atom is -0.309 e. The predicted octanol–water partition coefficient (Wildman–Crippen LogP) is 4.35. The largest absolute Gasteiger partial charge is 0.309 e. The van der Waals surface area contributed by atoms with E-state index in [4.69, 9.17) is 0 Å². The van der Waals surface area contributed by atoms with Crippen LogP contribution >= 0.6 is 0 Å². The van der Waals surface area contributed by atoms with Crippen LogP contribution in [0.25, 0.3) is 0 Å². The summed E-state index contributed by atoms with van der Waals surface area (Å²) in [6.07, 6.45) is 3.67. The Bertz CT molecular complexity index is 476. The van der Waals surface area contributed by atoms with Gasteiger partial charge in [-0.15, -0.1) is 0 Å². The quantitative estimate of drug-likeness (QED) is 0.720. The SMILES string of the molecule is CN(C)CC(CCCc1ccccc1)c1ccccc1. The molecule has 1 nitrogen and oxygen atoms in total. The Kier molecular flexibility index (Phi) is 5.82. The Morgan fingerprint density at radius 3 is 2.05 bits per heavy atom. The highest BCUT2D eigenvalue weighted by molar-refractivity contribution is 5.20. The molecule has 0 bridgehead atoms. The summed E-state index contributed by atoms with van der Waals surface area (Å²) in [5.74, 6) is 0.634. The molecular weight excluding hydrogens is 242 g/mol. The van der Waals surface area contributed by atoms with Crippen LogP contribution in [0.4, 0.5) is 0 Å². The number of benzene rings is 2. The molecule has 106 valence electrons. The van der Waals surface area contributed by atoms with Gasteiger partial charge in [0.25, 0.3) is 0 Å². The minimum atomic E-state index is 0.634. The number of likely N-dealkylation sites (N-methyl/N-ethyl adjacent to an activating group) is 1. The van der Waals surface area contributed by atoms with Gasteiger partial charge in [0, 0.05) is 6.54 Å². The lowest BCUT2D eigenvalue weighted by atomic mass is 9.92. The molecule has 0 fully saturated rings. The third-order valence-electron chi connectivity index (χ3n) is 3.72. The minimum absolute atomic E-state index is 0.634. The molecular formula is C19H25N. The zero-order chi connectivity index (χ0) is 14.2. The first kappa shape index (κ1) is 14.8. The van der Waals surface area contributed by atoms with Gasteiger partial charge in [0.1, 0.15) is 0 Å². The number of nitrogens with zero attached hydrogens (tertiary/aromatic N) is 1. The Morgan fingerprint density at radius 2 is 1.45 bits per heavy atom. The van der Waals surface area contributed by atoms with Crippen LogP contribution in [0.3, 0.4) is 0 Å². The Hall–Kier alpha value is -1.60. The van der Waals surface area contributed by atoms with E-state index in [0.717, 1.165) is 6.54 Å². The van der Waals surface area contributed by atoms with Crippen LogP contribution in [-0.4, -0.2) is 25.5 Å². The molecule has 0 amide bonds. The molecule has 0 spiro atoms. The molecule has 0 aliphatic rings. The predicted molar refractivity (Wildman–Crippen MR) is 87.1 cm³/mol. The van der Waals surface area contributed by atoms with Gasteiger partial charge in [-0.05, 0) is 50.4 Å². The van der Waals surface area contributed by atoms with Gasteiger partial charge >= 0.3 is 0 Å². The fourth-order valence-corrected chi connectivity index (χ4v) is 2.73. The van der Waals surface area contributed by atoms with Gasteiger partial charge in [-0.1, -0.05) is 60.7 Å². The van der Waals surface area contributed by atoms with Crippen molar-refractivity contribution in [2.45, 2.75) is 25.2 Å². The second kappa shape index (κ2) is 7.86. The van der Waals surface area contributed by atoms with E-state index in [1.165, 1.54) is 30.4 Å². The number of aryl methyl sites for hydroxylation is 1. The third kappa shape index (κ3) is 4.82. The van der Waals surface area contributed by atoms with E-state index in [-0.39, 0.29) is 0 Å². The van der Waals surface area contributed by atoms with E-state index in [1.807, 2.05) is 0 Å². The van der Waals surface area contributed by atoms with E-state index in [0.29, 0.717) is 5.92 Å². The molecule has 20 heavy (non-hydrogen) atoms. The molecule has 0 aliphatic carbocycles. The lowest BCUT2D eigenvalue weighted by Gasteiger charge is -2.21. The van der Waals surface area contributed by atoms with Crippen LogP contribution in [-0.2, 0) is 6.42 Å². The molecule has 2 aromatic rings. The van der Waals surface area contributed by atoms with Crippen LogP contribution in [0.15, 0.2) is 60.7 Å². The van der Waals surface area contributed by atoms with Crippen molar-refractivity contribution in [1.29, 1.82) is 0 Å². The van der Waals surface area contributed by atoms with Gasteiger partial charge in [0.2, 0.25) is 0 Å². The van der Waals surface area contributed by atoms with Gasteiger partial charge in [-0.3, -0.25) is 0 Å². The molecule has 0 heterocycles. The van der Waals surface area contributed by atoms with Crippen molar-refractivity contribution in [3.63, 3.8) is 0 Å². The Labute approximate surface area is 123 Å². The second-order valence-electron chi connectivity index (χ2n) is 5.75. The normalized spacial score (nSPS) is 12.6. The highest BCUT2D eigenvalue weighted by Crippen LogP contribution is 2.22. The highest BCUT2D eigenvalue weighted by atomic mass is 15.1. The first-order chi connectivity index (χ1) is 9.75. The summed E-state index contributed by atoms with van der Waals surface area (Å²) < 4.78 is 0. The number of hydrogen-bond acceptors (Lipinski definition) is 1.